The number of nitrogens with zero attached hydrogens (tertiary/aromatic N) is 2. The highest BCUT2D eigenvalue weighted by Gasteiger charge is 2.27. The van der Waals surface area contributed by atoms with E-state index in [0.717, 1.165) is 6.42 Å². The molecular formula is C16H22N2O5. The minimum absolute atomic E-state index is 0.00459. The number of anilines is 1. The fraction of sp³-hybridized carbons (Fsp3) is 0.562. The van der Waals surface area contributed by atoms with Gasteiger partial charge in [-0.25, -0.2) is 14.6 Å². The first-order valence-electron chi connectivity index (χ1n) is 7.50. The summed E-state index contributed by atoms with van der Waals surface area (Å²) in [5.41, 5.74) is -0.451. The van der Waals surface area contributed by atoms with Crippen LogP contribution in [0.25, 0.3) is 0 Å². The van der Waals surface area contributed by atoms with Crippen LogP contribution in [-0.2, 0) is 9.47 Å². The van der Waals surface area contributed by atoms with Gasteiger partial charge >= 0.3 is 11.9 Å². The Morgan fingerprint density at radius 1 is 1.30 bits per heavy atom. The molecule has 1 aliphatic rings. The molecule has 1 unspecified atom stereocenters. The van der Waals surface area contributed by atoms with Gasteiger partial charge in [-0.05, 0) is 45.7 Å². The van der Waals surface area contributed by atoms with Crippen molar-refractivity contribution in [1.82, 2.24) is 4.98 Å². The van der Waals surface area contributed by atoms with Gasteiger partial charge in [-0.2, -0.15) is 0 Å². The number of rotatable bonds is 3. The molecule has 1 aliphatic heterocycles. The maximum Gasteiger partial charge on any atom is 0.356 e. The van der Waals surface area contributed by atoms with E-state index < -0.39 is 23.8 Å². The van der Waals surface area contributed by atoms with Crippen LogP contribution in [0.4, 0.5) is 5.82 Å². The third kappa shape index (κ3) is 4.19. The fourth-order valence-corrected chi connectivity index (χ4v) is 2.34. The van der Waals surface area contributed by atoms with Crippen LogP contribution in [0, 0.1) is 0 Å². The number of ether oxygens (including phenoxy) is 2. The van der Waals surface area contributed by atoms with E-state index in [0.29, 0.717) is 18.8 Å². The number of methoxy groups -OCH3 is 1. The van der Waals surface area contributed by atoms with E-state index in [1.807, 2.05) is 0 Å². The third-order valence-corrected chi connectivity index (χ3v) is 3.36. The Hall–Kier alpha value is -2.15. The van der Waals surface area contributed by atoms with E-state index in [9.17, 15) is 14.7 Å². The van der Waals surface area contributed by atoms with Crippen LogP contribution in [0.1, 0.15) is 54.5 Å². The van der Waals surface area contributed by atoms with Crippen LogP contribution in [0.5, 0.6) is 0 Å². The lowest BCUT2D eigenvalue weighted by molar-refractivity contribution is 0.00692. The third-order valence-electron chi connectivity index (χ3n) is 3.36. The van der Waals surface area contributed by atoms with Crippen LogP contribution in [0.15, 0.2) is 12.1 Å². The van der Waals surface area contributed by atoms with E-state index in [1.165, 1.54) is 19.2 Å². The molecule has 0 spiro atoms. The Kier molecular flexibility index (Phi) is 4.89. The van der Waals surface area contributed by atoms with Gasteiger partial charge in [0, 0.05) is 6.54 Å². The number of hydrogen-bond acceptors (Lipinski definition) is 7. The topological polar surface area (TPSA) is 89.0 Å². The maximum absolute atomic E-state index is 12.3. The van der Waals surface area contributed by atoms with E-state index in [4.69, 9.17) is 4.74 Å². The molecule has 2 rings (SSSR count). The number of carbonyl (C=O) groups is 2. The van der Waals surface area contributed by atoms with Gasteiger partial charge in [-0.15, -0.1) is 0 Å². The Morgan fingerprint density at radius 3 is 2.52 bits per heavy atom. The maximum atomic E-state index is 12.3. The van der Waals surface area contributed by atoms with Crippen LogP contribution in [-0.4, -0.2) is 47.5 Å². The highest BCUT2D eigenvalue weighted by molar-refractivity contribution is 5.95. The van der Waals surface area contributed by atoms with Gasteiger partial charge in [0.25, 0.3) is 0 Å². The summed E-state index contributed by atoms with van der Waals surface area (Å²) in [4.78, 5) is 29.9. The Balaban J connectivity index is 2.41. The molecule has 0 bridgehead atoms. The molecule has 0 aliphatic carbocycles. The monoisotopic (exact) mass is 322 g/mol. The summed E-state index contributed by atoms with van der Waals surface area (Å²) in [6.45, 7) is 5.89. The van der Waals surface area contributed by atoms with Gasteiger partial charge in [0.1, 0.15) is 17.6 Å². The number of aromatic nitrogens is 1. The predicted octanol–water partition coefficient (Wildman–Crippen LogP) is 1.74. The fourth-order valence-electron chi connectivity index (χ4n) is 2.34. The van der Waals surface area contributed by atoms with Crippen molar-refractivity contribution in [3.05, 3.63) is 23.4 Å². The zero-order valence-electron chi connectivity index (χ0n) is 13.8. The SMILES string of the molecule is COC(=O)c1cc(C(=O)OC(C)(C)C)cc(N2CCCC2O)n1. The zero-order chi connectivity index (χ0) is 17.2. The average Bonchev–Trinajstić information content (AvgIpc) is 2.90. The smallest absolute Gasteiger partial charge is 0.356 e. The Bertz CT molecular complexity index is 609. The first-order chi connectivity index (χ1) is 10.7. The van der Waals surface area contributed by atoms with Crippen LogP contribution in [0.3, 0.4) is 0 Å². The van der Waals surface area contributed by atoms with Crippen molar-refractivity contribution < 1.29 is 24.2 Å². The largest absolute Gasteiger partial charge is 0.464 e. The highest BCUT2D eigenvalue weighted by atomic mass is 16.6. The van der Waals surface area contributed by atoms with Gasteiger partial charge in [-0.3, -0.25) is 0 Å². The second-order valence-corrected chi connectivity index (χ2v) is 6.41. The van der Waals surface area contributed by atoms with Crippen LogP contribution in [0.2, 0.25) is 0 Å². The minimum Gasteiger partial charge on any atom is -0.464 e. The van der Waals surface area contributed by atoms with Gasteiger partial charge in [0.05, 0.1) is 12.7 Å². The average molecular weight is 322 g/mol. The molecule has 7 nitrogen and oxygen atoms in total. The summed E-state index contributed by atoms with van der Waals surface area (Å²) >= 11 is 0. The van der Waals surface area contributed by atoms with Crippen molar-refractivity contribution >= 4 is 17.8 Å². The number of pyridine rings is 1. The number of aliphatic hydroxyl groups excluding tert-OH is 1. The summed E-state index contributed by atoms with van der Waals surface area (Å²) in [6.07, 6.45) is 0.751. The lowest BCUT2D eigenvalue weighted by Crippen LogP contribution is -2.30. The second kappa shape index (κ2) is 6.54. The highest BCUT2D eigenvalue weighted by Crippen LogP contribution is 2.25. The zero-order valence-corrected chi connectivity index (χ0v) is 13.8. The number of esters is 2. The molecule has 0 radical (unpaired) electrons. The molecule has 1 N–H and O–H groups in total. The van der Waals surface area contributed by atoms with E-state index >= 15 is 0 Å². The first kappa shape index (κ1) is 17.2. The molecule has 0 amide bonds. The normalized spacial score (nSPS) is 18.0. The molecule has 0 saturated carbocycles. The molecule has 1 saturated heterocycles. The van der Waals surface area contributed by atoms with Crippen molar-refractivity contribution in [3.8, 4) is 0 Å². The molecule has 23 heavy (non-hydrogen) atoms. The molecule has 2 heterocycles. The van der Waals surface area contributed by atoms with Crippen molar-refractivity contribution in [2.24, 2.45) is 0 Å². The van der Waals surface area contributed by atoms with Gasteiger partial charge < -0.3 is 19.5 Å². The van der Waals surface area contributed by atoms with Crippen molar-refractivity contribution in [2.75, 3.05) is 18.6 Å². The first-order valence-corrected chi connectivity index (χ1v) is 7.50. The summed E-state index contributed by atoms with van der Waals surface area (Å²) in [7, 11) is 1.24. The van der Waals surface area contributed by atoms with Gasteiger partial charge in [0.15, 0.2) is 5.69 Å². The van der Waals surface area contributed by atoms with E-state index in [-0.39, 0.29) is 11.3 Å². The Labute approximate surface area is 135 Å². The summed E-state index contributed by atoms with van der Waals surface area (Å²) < 4.78 is 10.0. The molecule has 1 fully saturated rings. The molecule has 1 aromatic rings. The van der Waals surface area contributed by atoms with Crippen molar-refractivity contribution in [2.45, 2.75) is 45.4 Å². The summed E-state index contributed by atoms with van der Waals surface area (Å²) in [6, 6.07) is 2.86. The van der Waals surface area contributed by atoms with Crippen molar-refractivity contribution in [3.63, 3.8) is 0 Å². The Morgan fingerprint density at radius 2 is 2.00 bits per heavy atom. The summed E-state index contributed by atoms with van der Waals surface area (Å²) in [5, 5.41) is 10.00. The molecule has 0 aromatic carbocycles. The van der Waals surface area contributed by atoms with E-state index in [2.05, 4.69) is 9.72 Å². The van der Waals surface area contributed by atoms with Crippen LogP contribution >= 0.6 is 0 Å². The summed E-state index contributed by atoms with van der Waals surface area (Å²) in [5.74, 6) is -0.843. The van der Waals surface area contributed by atoms with Gasteiger partial charge in [-0.1, -0.05) is 0 Å². The quantitative estimate of drug-likeness (QED) is 0.848. The van der Waals surface area contributed by atoms with Crippen LogP contribution < -0.4 is 4.90 Å². The number of carbonyl (C=O) groups excluding carboxylic acids is 2. The number of aliphatic hydroxyl groups is 1. The molecule has 7 heteroatoms. The lowest BCUT2D eigenvalue weighted by atomic mass is 10.1. The molecular weight excluding hydrogens is 300 g/mol. The number of hydrogen-bond donors (Lipinski definition) is 1. The molecule has 1 aromatic heterocycles. The predicted molar refractivity (Wildman–Crippen MR) is 83.3 cm³/mol. The minimum atomic E-state index is -0.679. The second-order valence-electron chi connectivity index (χ2n) is 6.41. The van der Waals surface area contributed by atoms with Crippen molar-refractivity contribution in [1.29, 1.82) is 0 Å². The molecule has 1 atom stereocenters. The van der Waals surface area contributed by atoms with Gasteiger partial charge in [0.2, 0.25) is 0 Å². The standard InChI is InChI=1S/C16H22N2O5/c1-16(2,3)23-14(20)10-8-11(15(21)22-4)17-12(9-10)18-7-5-6-13(18)19/h8-9,13,19H,5-7H2,1-4H3. The van der Waals surface area contributed by atoms with E-state index in [1.54, 1.807) is 25.7 Å². The lowest BCUT2D eigenvalue weighted by Gasteiger charge is -2.23. The molecule has 126 valence electrons.